The zero-order chi connectivity index (χ0) is 10.9. The van der Waals surface area contributed by atoms with Gasteiger partial charge >= 0.3 is 0 Å². The predicted octanol–water partition coefficient (Wildman–Crippen LogP) is 2.20. The Hall–Kier alpha value is -0.890. The number of aromatic nitrogens is 1. The van der Waals surface area contributed by atoms with E-state index in [2.05, 4.69) is 37.1 Å². The Labute approximate surface area is 92.1 Å². The third-order valence-corrected chi connectivity index (χ3v) is 3.73. The van der Waals surface area contributed by atoms with E-state index >= 15 is 0 Å². The van der Waals surface area contributed by atoms with E-state index in [-0.39, 0.29) is 0 Å². The lowest BCUT2D eigenvalue weighted by molar-refractivity contribution is 0.265. The van der Waals surface area contributed by atoms with Gasteiger partial charge in [-0.3, -0.25) is 4.98 Å². The molecule has 1 aliphatic rings. The first-order chi connectivity index (χ1) is 7.22. The van der Waals surface area contributed by atoms with Gasteiger partial charge in [0.1, 0.15) is 0 Å². The summed E-state index contributed by atoms with van der Waals surface area (Å²) in [4.78, 5) is 4.52. The Morgan fingerprint density at radius 1 is 1.40 bits per heavy atom. The first-order valence-electron chi connectivity index (χ1n) is 5.88. The number of pyridine rings is 1. The molecule has 0 amide bonds. The van der Waals surface area contributed by atoms with Gasteiger partial charge in [0.2, 0.25) is 0 Å². The van der Waals surface area contributed by atoms with E-state index in [1.807, 2.05) is 6.20 Å². The minimum absolute atomic E-state index is 0.363. The Kier molecular flexibility index (Phi) is 2.79. The summed E-state index contributed by atoms with van der Waals surface area (Å²) in [6.07, 6.45) is 4.29. The van der Waals surface area contributed by atoms with Crippen LogP contribution in [0.1, 0.15) is 37.1 Å². The van der Waals surface area contributed by atoms with E-state index in [0.29, 0.717) is 5.41 Å². The van der Waals surface area contributed by atoms with Crippen LogP contribution in [0.25, 0.3) is 0 Å². The van der Waals surface area contributed by atoms with Crippen LogP contribution in [-0.4, -0.2) is 18.1 Å². The molecule has 0 aliphatic carbocycles. The fourth-order valence-corrected chi connectivity index (χ4v) is 2.36. The van der Waals surface area contributed by atoms with Crippen molar-refractivity contribution in [3.05, 3.63) is 29.1 Å². The Morgan fingerprint density at radius 3 is 2.60 bits per heavy atom. The van der Waals surface area contributed by atoms with Crippen molar-refractivity contribution in [1.29, 1.82) is 0 Å². The molecule has 82 valence electrons. The molecule has 0 aromatic carbocycles. The van der Waals surface area contributed by atoms with Gasteiger partial charge in [-0.05, 0) is 30.9 Å². The van der Waals surface area contributed by atoms with Crippen LogP contribution >= 0.6 is 0 Å². The number of rotatable bonds is 3. The lowest BCUT2D eigenvalue weighted by atomic mass is 9.72. The maximum atomic E-state index is 4.52. The van der Waals surface area contributed by atoms with Crippen LogP contribution in [0.4, 0.5) is 0 Å². The molecule has 0 spiro atoms. The van der Waals surface area contributed by atoms with E-state index in [4.69, 9.17) is 0 Å². The van der Waals surface area contributed by atoms with Gasteiger partial charge in [-0.1, -0.05) is 19.9 Å². The number of hydrogen-bond donors (Lipinski definition) is 1. The lowest BCUT2D eigenvalue weighted by Crippen LogP contribution is -2.56. The SMILES string of the molecule is CCc1cnc(C)c(C2(CC)CNC2)c1. The largest absolute Gasteiger partial charge is 0.315 e. The third kappa shape index (κ3) is 1.67. The van der Waals surface area contributed by atoms with Crippen molar-refractivity contribution < 1.29 is 0 Å². The first kappa shape index (κ1) is 10.6. The number of hydrogen-bond acceptors (Lipinski definition) is 2. The maximum Gasteiger partial charge on any atom is 0.0411 e. The van der Waals surface area contributed by atoms with E-state index < -0.39 is 0 Å². The normalized spacial score (nSPS) is 18.6. The molecule has 0 unspecified atom stereocenters. The van der Waals surface area contributed by atoms with E-state index in [0.717, 1.165) is 19.5 Å². The summed E-state index contributed by atoms with van der Waals surface area (Å²) < 4.78 is 0. The zero-order valence-corrected chi connectivity index (χ0v) is 9.93. The molecule has 1 aromatic heterocycles. The lowest BCUT2D eigenvalue weighted by Gasteiger charge is -2.43. The molecule has 0 bridgehead atoms. The van der Waals surface area contributed by atoms with Crippen molar-refractivity contribution in [2.24, 2.45) is 0 Å². The number of nitrogens with one attached hydrogen (secondary N) is 1. The average molecular weight is 204 g/mol. The third-order valence-electron chi connectivity index (χ3n) is 3.73. The Balaban J connectivity index is 2.41. The smallest absolute Gasteiger partial charge is 0.0411 e. The molecule has 0 atom stereocenters. The second-order valence-electron chi connectivity index (χ2n) is 4.57. The van der Waals surface area contributed by atoms with Crippen molar-refractivity contribution in [1.82, 2.24) is 10.3 Å². The van der Waals surface area contributed by atoms with Gasteiger partial charge in [0.25, 0.3) is 0 Å². The molecule has 1 aliphatic heterocycles. The second-order valence-corrected chi connectivity index (χ2v) is 4.57. The molecule has 2 heterocycles. The van der Waals surface area contributed by atoms with E-state index in [9.17, 15) is 0 Å². The van der Waals surface area contributed by atoms with Gasteiger partial charge in [-0.2, -0.15) is 0 Å². The fraction of sp³-hybridized carbons (Fsp3) is 0.615. The van der Waals surface area contributed by atoms with E-state index in [1.165, 1.54) is 23.2 Å². The highest BCUT2D eigenvalue weighted by Gasteiger charge is 2.38. The van der Waals surface area contributed by atoms with Crippen molar-refractivity contribution in [2.45, 2.75) is 39.0 Å². The predicted molar refractivity (Wildman–Crippen MR) is 63.2 cm³/mol. The van der Waals surface area contributed by atoms with Crippen molar-refractivity contribution in [3.8, 4) is 0 Å². The van der Waals surface area contributed by atoms with E-state index in [1.54, 1.807) is 0 Å². The van der Waals surface area contributed by atoms with Gasteiger partial charge < -0.3 is 5.32 Å². The van der Waals surface area contributed by atoms with Crippen LogP contribution in [0, 0.1) is 6.92 Å². The minimum Gasteiger partial charge on any atom is -0.315 e. The molecule has 1 aromatic rings. The number of aryl methyl sites for hydroxylation is 2. The molecular weight excluding hydrogens is 184 g/mol. The summed E-state index contributed by atoms with van der Waals surface area (Å²) in [5.74, 6) is 0. The zero-order valence-electron chi connectivity index (χ0n) is 9.93. The highest BCUT2D eigenvalue weighted by atomic mass is 15.0. The summed E-state index contributed by atoms with van der Waals surface area (Å²) in [7, 11) is 0. The Bertz CT molecular complexity index is 348. The van der Waals surface area contributed by atoms with Gasteiger partial charge in [-0.25, -0.2) is 0 Å². The molecule has 15 heavy (non-hydrogen) atoms. The highest BCUT2D eigenvalue weighted by Crippen LogP contribution is 2.33. The topological polar surface area (TPSA) is 24.9 Å². The van der Waals surface area contributed by atoms with Gasteiger partial charge in [-0.15, -0.1) is 0 Å². The van der Waals surface area contributed by atoms with Crippen LogP contribution < -0.4 is 5.32 Å². The number of nitrogens with zero attached hydrogens (tertiary/aromatic N) is 1. The molecule has 2 nitrogen and oxygen atoms in total. The van der Waals surface area contributed by atoms with Crippen LogP contribution in [-0.2, 0) is 11.8 Å². The molecular formula is C13H20N2. The van der Waals surface area contributed by atoms with Crippen LogP contribution in [0.2, 0.25) is 0 Å². The molecule has 1 N–H and O–H groups in total. The summed E-state index contributed by atoms with van der Waals surface area (Å²) in [6.45, 7) is 8.82. The van der Waals surface area contributed by atoms with Crippen molar-refractivity contribution in [3.63, 3.8) is 0 Å². The van der Waals surface area contributed by atoms with Gasteiger partial charge in [0, 0.05) is 30.4 Å². The van der Waals surface area contributed by atoms with Crippen molar-refractivity contribution in [2.75, 3.05) is 13.1 Å². The summed E-state index contributed by atoms with van der Waals surface area (Å²) >= 11 is 0. The van der Waals surface area contributed by atoms with Crippen LogP contribution in [0.3, 0.4) is 0 Å². The maximum absolute atomic E-state index is 4.52. The average Bonchev–Trinajstić information content (AvgIpc) is 2.20. The second kappa shape index (κ2) is 3.93. The quantitative estimate of drug-likeness (QED) is 0.816. The van der Waals surface area contributed by atoms with Gasteiger partial charge in [0.05, 0.1) is 0 Å². The van der Waals surface area contributed by atoms with Crippen molar-refractivity contribution >= 4 is 0 Å². The molecule has 2 rings (SSSR count). The fourth-order valence-electron chi connectivity index (χ4n) is 2.36. The standard InChI is InChI=1S/C13H20N2/c1-4-11-6-12(10(3)15-7-11)13(5-2)8-14-9-13/h6-7,14H,4-5,8-9H2,1-3H3. The molecule has 0 radical (unpaired) electrons. The summed E-state index contributed by atoms with van der Waals surface area (Å²) in [5, 5.41) is 3.39. The van der Waals surface area contributed by atoms with Crippen LogP contribution in [0.5, 0.6) is 0 Å². The molecule has 1 saturated heterocycles. The summed E-state index contributed by atoms with van der Waals surface area (Å²) in [6, 6.07) is 2.35. The molecule has 0 saturated carbocycles. The van der Waals surface area contributed by atoms with Crippen LogP contribution in [0.15, 0.2) is 12.3 Å². The minimum atomic E-state index is 0.363. The monoisotopic (exact) mass is 204 g/mol. The molecule has 2 heteroatoms. The van der Waals surface area contributed by atoms with Gasteiger partial charge in [0.15, 0.2) is 0 Å². The Morgan fingerprint density at radius 2 is 2.13 bits per heavy atom. The summed E-state index contributed by atoms with van der Waals surface area (Å²) in [5.41, 5.74) is 4.39. The first-order valence-corrected chi connectivity index (χ1v) is 5.88. The highest BCUT2D eigenvalue weighted by molar-refractivity contribution is 5.35. The molecule has 1 fully saturated rings.